The van der Waals surface area contributed by atoms with Crippen molar-refractivity contribution in [3.05, 3.63) is 88.5 Å². The van der Waals surface area contributed by atoms with Crippen LogP contribution in [-0.4, -0.2) is 26.4 Å². The predicted molar refractivity (Wildman–Crippen MR) is 103 cm³/mol. The van der Waals surface area contributed by atoms with E-state index in [0.717, 1.165) is 16.9 Å². The van der Waals surface area contributed by atoms with Gasteiger partial charge in [-0.3, -0.25) is 4.79 Å². The van der Waals surface area contributed by atoms with E-state index in [4.69, 9.17) is 4.74 Å². The smallest absolute Gasteiger partial charge is 0.277 e. The lowest BCUT2D eigenvalue weighted by Gasteiger charge is -2.10. The standard InChI is InChI=1S/C21H19N3O3/c1-27-18-10-6-5-9-16(18)13-23-11-12-24-20(21(23)26)17(14-25)19(22-24)15-7-3-2-4-8-15/h2-12,25H,13-14H2,1H3. The van der Waals surface area contributed by atoms with E-state index in [1.165, 1.54) is 4.52 Å². The zero-order chi connectivity index (χ0) is 18.8. The molecule has 0 spiro atoms. The molecule has 0 saturated heterocycles. The number of benzene rings is 2. The third kappa shape index (κ3) is 3.00. The van der Waals surface area contributed by atoms with Crippen molar-refractivity contribution in [2.24, 2.45) is 0 Å². The van der Waals surface area contributed by atoms with Gasteiger partial charge in [0.25, 0.3) is 5.56 Å². The molecule has 1 N–H and O–H groups in total. The molecule has 0 amide bonds. The molecule has 6 nitrogen and oxygen atoms in total. The highest BCUT2D eigenvalue weighted by Gasteiger charge is 2.18. The summed E-state index contributed by atoms with van der Waals surface area (Å²) in [5.74, 6) is 0.727. The SMILES string of the molecule is COc1ccccc1Cn1ccn2nc(-c3ccccc3)c(CO)c2c1=O. The minimum Gasteiger partial charge on any atom is -0.496 e. The van der Waals surface area contributed by atoms with Gasteiger partial charge in [0.05, 0.1) is 26.0 Å². The third-order valence-corrected chi connectivity index (χ3v) is 4.60. The van der Waals surface area contributed by atoms with Gasteiger partial charge in [-0.1, -0.05) is 48.5 Å². The lowest BCUT2D eigenvalue weighted by atomic mass is 10.1. The number of aromatic nitrogens is 3. The van der Waals surface area contributed by atoms with Crippen LogP contribution in [0.3, 0.4) is 0 Å². The Kier molecular flexibility index (Phi) is 4.48. The van der Waals surface area contributed by atoms with E-state index >= 15 is 0 Å². The molecule has 0 aliphatic heterocycles. The average Bonchev–Trinajstić information content (AvgIpc) is 3.10. The van der Waals surface area contributed by atoms with Crippen molar-refractivity contribution in [1.82, 2.24) is 14.2 Å². The molecule has 0 fully saturated rings. The third-order valence-electron chi connectivity index (χ3n) is 4.60. The van der Waals surface area contributed by atoms with Crippen molar-refractivity contribution in [1.29, 1.82) is 0 Å². The van der Waals surface area contributed by atoms with Crippen molar-refractivity contribution < 1.29 is 9.84 Å². The summed E-state index contributed by atoms with van der Waals surface area (Å²) in [7, 11) is 1.61. The Bertz CT molecular complexity index is 1150. The van der Waals surface area contributed by atoms with E-state index in [0.29, 0.717) is 23.3 Å². The maximum absolute atomic E-state index is 13.1. The first-order valence-electron chi connectivity index (χ1n) is 8.61. The Balaban J connectivity index is 1.86. The molecule has 136 valence electrons. The van der Waals surface area contributed by atoms with E-state index in [9.17, 15) is 9.90 Å². The minimum absolute atomic E-state index is 0.206. The fourth-order valence-electron chi connectivity index (χ4n) is 3.27. The molecule has 2 aromatic carbocycles. The average molecular weight is 361 g/mol. The lowest BCUT2D eigenvalue weighted by Crippen LogP contribution is -2.22. The van der Waals surface area contributed by atoms with Gasteiger partial charge in [0.1, 0.15) is 11.3 Å². The fraction of sp³-hybridized carbons (Fsp3) is 0.143. The van der Waals surface area contributed by atoms with Crippen LogP contribution >= 0.6 is 0 Å². The van der Waals surface area contributed by atoms with Crippen LogP contribution in [0.5, 0.6) is 5.75 Å². The van der Waals surface area contributed by atoms with Crippen LogP contribution in [0.25, 0.3) is 16.8 Å². The van der Waals surface area contributed by atoms with Crippen LogP contribution in [0, 0.1) is 0 Å². The fourth-order valence-corrected chi connectivity index (χ4v) is 3.27. The zero-order valence-corrected chi connectivity index (χ0v) is 14.9. The highest BCUT2D eigenvalue weighted by molar-refractivity contribution is 5.72. The summed E-state index contributed by atoms with van der Waals surface area (Å²) in [4.78, 5) is 13.1. The Morgan fingerprint density at radius 3 is 2.52 bits per heavy atom. The van der Waals surface area contributed by atoms with E-state index in [1.807, 2.05) is 54.6 Å². The molecule has 27 heavy (non-hydrogen) atoms. The summed E-state index contributed by atoms with van der Waals surface area (Å²) in [6.45, 7) is 0.109. The summed E-state index contributed by atoms with van der Waals surface area (Å²) in [6, 6.07) is 17.1. The van der Waals surface area contributed by atoms with E-state index in [2.05, 4.69) is 5.10 Å². The van der Waals surface area contributed by atoms with Crippen LogP contribution < -0.4 is 10.3 Å². The van der Waals surface area contributed by atoms with Crippen molar-refractivity contribution >= 4 is 5.52 Å². The Morgan fingerprint density at radius 1 is 1.04 bits per heavy atom. The van der Waals surface area contributed by atoms with Gasteiger partial charge in [-0.05, 0) is 6.07 Å². The van der Waals surface area contributed by atoms with Gasteiger partial charge in [0.2, 0.25) is 0 Å². The van der Waals surface area contributed by atoms with Gasteiger partial charge < -0.3 is 14.4 Å². The van der Waals surface area contributed by atoms with Crippen molar-refractivity contribution in [3.63, 3.8) is 0 Å². The topological polar surface area (TPSA) is 68.8 Å². The first kappa shape index (κ1) is 17.1. The minimum atomic E-state index is -0.262. The zero-order valence-electron chi connectivity index (χ0n) is 14.9. The monoisotopic (exact) mass is 361 g/mol. The number of rotatable bonds is 5. The molecule has 0 atom stereocenters. The summed E-state index contributed by atoms with van der Waals surface area (Å²) < 4.78 is 8.52. The molecule has 0 radical (unpaired) electrons. The molecular weight excluding hydrogens is 342 g/mol. The largest absolute Gasteiger partial charge is 0.496 e. The number of hydrogen-bond donors (Lipinski definition) is 1. The second-order valence-electron chi connectivity index (χ2n) is 6.19. The lowest BCUT2D eigenvalue weighted by molar-refractivity contribution is 0.283. The van der Waals surface area contributed by atoms with E-state index in [-0.39, 0.29) is 12.2 Å². The second-order valence-corrected chi connectivity index (χ2v) is 6.19. The molecule has 0 unspecified atom stereocenters. The highest BCUT2D eigenvalue weighted by Crippen LogP contribution is 2.25. The second kappa shape index (κ2) is 7.09. The van der Waals surface area contributed by atoms with Gasteiger partial charge in [0.15, 0.2) is 0 Å². The molecule has 0 aliphatic rings. The molecule has 2 aromatic heterocycles. The number of aliphatic hydroxyl groups excluding tert-OH is 1. The summed E-state index contributed by atoms with van der Waals surface area (Å²) >= 11 is 0. The molecular formula is C21H19N3O3. The molecule has 0 saturated carbocycles. The quantitative estimate of drug-likeness (QED) is 0.593. The molecule has 0 aliphatic carbocycles. The maximum atomic E-state index is 13.1. The Hall–Kier alpha value is -3.38. The first-order valence-corrected chi connectivity index (χ1v) is 8.61. The number of ether oxygens (including phenoxy) is 1. The van der Waals surface area contributed by atoms with Gasteiger partial charge >= 0.3 is 0 Å². The number of fused-ring (bicyclic) bond motifs is 1. The van der Waals surface area contributed by atoms with Crippen LogP contribution in [0.15, 0.2) is 71.8 Å². The molecule has 6 heteroatoms. The Labute approximate surface area is 155 Å². The molecule has 4 aromatic rings. The predicted octanol–water partition coefficient (Wildman–Crippen LogP) is 2.71. The summed E-state index contributed by atoms with van der Waals surface area (Å²) in [6.07, 6.45) is 3.43. The maximum Gasteiger partial charge on any atom is 0.277 e. The van der Waals surface area contributed by atoms with Crippen molar-refractivity contribution in [3.8, 4) is 17.0 Å². The van der Waals surface area contributed by atoms with E-state index in [1.54, 1.807) is 24.1 Å². The van der Waals surface area contributed by atoms with Gasteiger partial charge in [-0.2, -0.15) is 5.10 Å². The number of aliphatic hydroxyl groups is 1. The van der Waals surface area contributed by atoms with Crippen LogP contribution in [0.4, 0.5) is 0 Å². The molecule has 4 rings (SSSR count). The summed E-state index contributed by atoms with van der Waals surface area (Å²) in [5.41, 5.74) is 3.09. The molecule has 0 bridgehead atoms. The van der Waals surface area contributed by atoms with Crippen LogP contribution in [0.1, 0.15) is 11.1 Å². The van der Waals surface area contributed by atoms with Crippen LogP contribution in [0.2, 0.25) is 0 Å². The first-order chi connectivity index (χ1) is 13.2. The molecule has 2 heterocycles. The van der Waals surface area contributed by atoms with Crippen molar-refractivity contribution in [2.45, 2.75) is 13.2 Å². The van der Waals surface area contributed by atoms with Crippen LogP contribution in [-0.2, 0) is 13.2 Å². The number of para-hydroxylation sites is 1. The van der Waals surface area contributed by atoms with Gasteiger partial charge in [-0.25, -0.2) is 4.52 Å². The highest BCUT2D eigenvalue weighted by atomic mass is 16.5. The van der Waals surface area contributed by atoms with Crippen molar-refractivity contribution in [2.75, 3.05) is 7.11 Å². The normalized spacial score (nSPS) is 11.0. The Morgan fingerprint density at radius 2 is 1.78 bits per heavy atom. The number of hydrogen-bond acceptors (Lipinski definition) is 4. The van der Waals surface area contributed by atoms with Gasteiger partial charge in [-0.15, -0.1) is 0 Å². The number of methoxy groups -OCH3 is 1. The van der Waals surface area contributed by atoms with E-state index < -0.39 is 0 Å². The van der Waals surface area contributed by atoms with Gasteiger partial charge in [0, 0.05) is 29.1 Å². The number of nitrogens with zero attached hydrogens (tertiary/aromatic N) is 3. The summed E-state index contributed by atoms with van der Waals surface area (Å²) in [5, 5.41) is 14.4.